The molecule has 1 aliphatic heterocycles. The van der Waals surface area contributed by atoms with Crippen molar-refractivity contribution in [2.45, 2.75) is 6.54 Å². The zero-order chi connectivity index (χ0) is 16.9. The number of hydrogen-bond donors (Lipinski definition) is 1. The Hall–Kier alpha value is -2.80. The lowest BCUT2D eigenvalue weighted by atomic mass is 10.2. The van der Waals surface area contributed by atoms with Crippen LogP contribution < -0.4 is 5.32 Å². The molecule has 1 fully saturated rings. The van der Waals surface area contributed by atoms with Gasteiger partial charge in [0.25, 0.3) is 11.1 Å². The van der Waals surface area contributed by atoms with Crippen LogP contribution in [0.15, 0.2) is 58.1 Å². The van der Waals surface area contributed by atoms with E-state index in [1.54, 1.807) is 12.1 Å². The molecule has 1 aliphatic rings. The van der Waals surface area contributed by atoms with E-state index < -0.39 is 11.1 Å². The SMILES string of the molecule is O=C(CN1C(=O)S/C(=C\c2ccco2)C1=O)NCc1ccccc1. The first-order chi connectivity index (χ1) is 11.6. The van der Waals surface area contributed by atoms with Crippen LogP contribution in [-0.2, 0) is 16.1 Å². The van der Waals surface area contributed by atoms with E-state index in [1.165, 1.54) is 12.3 Å². The van der Waals surface area contributed by atoms with E-state index >= 15 is 0 Å². The van der Waals surface area contributed by atoms with Gasteiger partial charge in [0.2, 0.25) is 5.91 Å². The van der Waals surface area contributed by atoms with Crippen molar-refractivity contribution in [2.24, 2.45) is 0 Å². The number of imide groups is 1. The number of nitrogens with one attached hydrogen (secondary N) is 1. The third-order valence-corrected chi connectivity index (χ3v) is 4.23. The summed E-state index contributed by atoms with van der Waals surface area (Å²) >= 11 is 0.795. The molecule has 2 aromatic rings. The van der Waals surface area contributed by atoms with Gasteiger partial charge in [0.1, 0.15) is 12.3 Å². The molecule has 7 heteroatoms. The molecule has 0 saturated carbocycles. The van der Waals surface area contributed by atoms with Crippen molar-refractivity contribution >= 4 is 34.9 Å². The monoisotopic (exact) mass is 342 g/mol. The van der Waals surface area contributed by atoms with E-state index in [0.717, 1.165) is 22.2 Å². The predicted octanol–water partition coefficient (Wildman–Crippen LogP) is 2.63. The van der Waals surface area contributed by atoms with Crippen LogP contribution in [0.3, 0.4) is 0 Å². The minimum absolute atomic E-state index is 0.241. The van der Waals surface area contributed by atoms with Gasteiger partial charge in [-0.3, -0.25) is 19.3 Å². The van der Waals surface area contributed by atoms with Crippen molar-refractivity contribution in [3.8, 4) is 0 Å². The molecule has 1 N–H and O–H groups in total. The van der Waals surface area contributed by atoms with Crippen molar-refractivity contribution in [1.82, 2.24) is 10.2 Å². The number of furan rings is 1. The quantitative estimate of drug-likeness (QED) is 0.845. The number of nitrogens with zero attached hydrogens (tertiary/aromatic N) is 1. The molecular weight excluding hydrogens is 328 g/mol. The first kappa shape index (κ1) is 16.1. The first-order valence-electron chi connectivity index (χ1n) is 7.23. The van der Waals surface area contributed by atoms with Crippen molar-refractivity contribution in [2.75, 3.05) is 6.54 Å². The van der Waals surface area contributed by atoms with E-state index in [0.29, 0.717) is 12.3 Å². The molecule has 24 heavy (non-hydrogen) atoms. The normalized spacial score (nSPS) is 16.0. The van der Waals surface area contributed by atoms with Gasteiger partial charge in [-0.1, -0.05) is 30.3 Å². The zero-order valence-corrected chi connectivity index (χ0v) is 13.4. The van der Waals surface area contributed by atoms with Crippen LogP contribution in [0.4, 0.5) is 4.79 Å². The standard InChI is InChI=1S/C17H14N2O4S/c20-15(18-10-12-5-2-1-3-6-12)11-19-16(21)14(24-17(19)22)9-13-7-4-8-23-13/h1-9H,10-11H2,(H,18,20)/b14-9-. The first-order valence-corrected chi connectivity index (χ1v) is 8.04. The lowest BCUT2D eigenvalue weighted by molar-refractivity contribution is -0.129. The molecule has 3 rings (SSSR count). The number of carbonyl (C=O) groups excluding carboxylic acids is 3. The highest BCUT2D eigenvalue weighted by molar-refractivity contribution is 8.18. The van der Waals surface area contributed by atoms with Gasteiger partial charge in [0.05, 0.1) is 11.2 Å². The van der Waals surface area contributed by atoms with Crippen LogP contribution in [0.2, 0.25) is 0 Å². The Kier molecular flexibility index (Phi) is 4.81. The fourth-order valence-electron chi connectivity index (χ4n) is 2.13. The Morgan fingerprint density at radius 3 is 2.67 bits per heavy atom. The maximum atomic E-state index is 12.2. The Balaban J connectivity index is 1.59. The van der Waals surface area contributed by atoms with Gasteiger partial charge < -0.3 is 9.73 Å². The number of hydrogen-bond acceptors (Lipinski definition) is 5. The molecule has 0 bridgehead atoms. The second kappa shape index (κ2) is 7.18. The number of carbonyl (C=O) groups is 3. The van der Waals surface area contributed by atoms with Gasteiger partial charge in [0.15, 0.2) is 0 Å². The average Bonchev–Trinajstić information content (AvgIpc) is 3.18. The van der Waals surface area contributed by atoms with Crippen LogP contribution in [0.5, 0.6) is 0 Å². The minimum atomic E-state index is -0.490. The second-order valence-electron chi connectivity index (χ2n) is 5.05. The highest BCUT2D eigenvalue weighted by Crippen LogP contribution is 2.31. The summed E-state index contributed by atoms with van der Waals surface area (Å²) in [6.07, 6.45) is 2.97. The molecule has 0 radical (unpaired) electrons. The molecule has 3 amide bonds. The Bertz CT molecular complexity index is 784. The lowest BCUT2D eigenvalue weighted by Crippen LogP contribution is -2.39. The van der Waals surface area contributed by atoms with Gasteiger partial charge >= 0.3 is 0 Å². The number of thioether (sulfide) groups is 1. The summed E-state index contributed by atoms with van der Waals surface area (Å²) < 4.78 is 5.13. The van der Waals surface area contributed by atoms with E-state index in [4.69, 9.17) is 4.42 Å². The summed E-state index contributed by atoms with van der Waals surface area (Å²) in [5.74, 6) is -0.398. The van der Waals surface area contributed by atoms with E-state index in [9.17, 15) is 14.4 Å². The topological polar surface area (TPSA) is 79.6 Å². The maximum absolute atomic E-state index is 12.2. The van der Waals surface area contributed by atoms with Gasteiger partial charge in [-0.25, -0.2) is 0 Å². The molecule has 1 saturated heterocycles. The Labute approximate surface area is 142 Å². The highest BCUT2D eigenvalue weighted by atomic mass is 32.2. The minimum Gasteiger partial charge on any atom is -0.465 e. The van der Waals surface area contributed by atoms with Gasteiger partial charge in [-0.2, -0.15) is 0 Å². The van der Waals surface area contributed by atoms with Crippen molar-refractivity contribution in [1.29, 1.82) is 0 Å². The summed E-state index contributed by atoms with van der Waals surface area (Å²) in [6.45, 7) is 0.0467. The smallest absolute Gasteiger partial charge is 0.294 e. The van der Waals surface area contributed by atoms with Gasteiger partial charge in [-0.15, -0.1) is 0 Å². The molecule has 2 heterocycles. The van der Waals surface area contributed by atoms with E-state index in [-0.39, 0.29) is 17.4 Å². The number of benzene rings is 1. The van der Waals surface area contributed by atoms with Crippen LogP contribution >= 0.6 is 11.8 Å². The number of rotatable bonds is 5. The lowest BCUT2D eigenvalue weighted by Gasteiger charge is -2.12. The molecule has 122 valence electrons. The molecule has 6 nitrogen and oxygen atoms in total. The number of amides is 3. The summed E-state index contributed by atoms with van der Waals surface area (Å²) in [5.41, 5.74) is 0.942. The van der Waals surface area contributed by atoms with Crippen molar-refractivity contribution in [3.05, 3.63) is 65.0 Å². The maximum Gasteiger partial charge on any atom is 0.294 e. The summed E-state index contributed by atoms with van der Waals surface area (Å²) in [4.78, 5) is 37.4. The summed E-state index contributed by atoms with van der Waals surface area (Å²) in [6, 6.07) is 12.8. The van der Waals surface area contributed by atoms with Gasteiger partial charge in [0, 0.05) is 12.6 Å². The molecule has 1 aromatic heterocycles. The van der Waals surface area contributed by atoms with Crippen LogP contribution in [-0.4, -0.2) is 28.5 Å². The fraction of sp³-hybridized carbons (Fsp3) is 0.118. The van der Waals surface area contributed by atoms with Crippen LogP contribution in [0.25, 0.3) is 6.08 Å². The largest absolute Gasteiger partial charge is 0.465 e. The van der Waals surface area contributed by atoms with Gasteiger partial charge in [-0.05, 0) is 29.5 Å². The third kappa shape index (κ3) is 3.75. The van der Waals surface area contributed by atoms with Crippen LogP contribution in [0, 0.1) is 0 Å². The summed E-state index contributed by atoms with van der Waals surface area (Å²) in [7, 11) is 0. The Morgan fingerprint density at radius 2 is 1.96 bits per heavy atom. The molecule has 0 unspecified atom stereocenters. The second-order valence-corrected chi connectivity index (χ2v) is 6.04. The van der Waals surface area contributed by atoms with E-state index in [1.807, 2.05) is 30.3 Å². The fourth-order valence-corrected chi connectivity index (χ4v) is 2.95. The molecule has 0 atom stereocenters. The van der Waals surface area contributed by atoms with E-state index in [2.05, 4.69) is 5.32 Å². The van der Waals surface area contributed by atoms with Crippen molar-refractivity contribution in [3.63, 3.8) is 0 Å². The molecule has 0 aliphatic carbocycles. The summed E-state index contributed by atoms with van der Waals surface area (Å²) in [5, 5.41) is 2.23. The molecule has 1 aromatic carbocycles. The molecular formula is C17H14N2O4S. The third-order valence-electron chi connectivity index (χ3n) is 3.32. The van der Waals surface area contributed by atoms with Crippen molar-refractivity contribution < 1.29 is 18.8 Å². The average molecular weight is 342 g/mol. The molecule has 0 spiro atoms. The highest BCUT2D eigenvalue weighted by Gasteiger charge is 2.36. The van der Waals surface area contributed by atoms with Crippen LogP contribution in [0.1, 0.15) is 11.3 Å². The zero-order valence-electron chi connectivity index (χ0n) is 12.6. The predicted molar refractivity (Wildman–Crippen MR) is 89.7 cm³/mol. The Morgan fingerprint density at radius 1 is 1.17 bits per heavy atom.